The lowest BCUT2D eigenvalue weighted by Gasteiger charge is -2.50. The number of fused-ring (bicyclic) bond motifs is 3. The molecule has 5 atom stereocenters. The lowest BCUT2D eigenvalue weighted by Crippen LogP contribution is -2.58. The summed E-state index contributed by atoms with van der Waals surface area (Å²) in [6, 6.07) is 9.64. The first-order valence-electron chi connectivity index (χ1n) is 15.3. The Labute approximate surface area is 257 Å². The number of hydrogen-bond donors (Lipinski definition) is 2. The molecule has 7 rings (SSSR count). The van der Waals surface area contributed by atoms with Crippen molar-refractivity contribution < 1.29 is 24.2 Å². The first-order valence-corrected chi connectivity index (χ1v) is 15.3. The molecule has 44 heavy (non-hydrogen) atoms. The molecule has 9 heteroatoms. The minimum atomic E-state index is -1.04. The molecule has 0 radical (unpaired) electrons. The van der Waals surface area contributed by atoms with Gasteiger partial charge < -0.3 is 20.5 Å². The number of phenolic OH excluding ortho intramolecular Hbond substituents is 1. The normalized spacial score (nSPS) is 28.8. The van der Waals surface area contributed by atoms with Crippen molar-refractivity contribution >= 4 is 23.2 Å². The molecular formula is C35H40N4O5. The van der Waals surface area contributed by atoms with E-state index in [0.717, 1.165) is 35.5 Å². The first-order chi connectivity index (χ1) is 20.9. The van der Waals surface area contributed by atoms with Crippen molar-refractivity contribution in [3.63, 3.8) is 0 Å². The molecule has 1 spiro atoms. The number of primary amides is 1. The average molecular weight is 597 g/mol. The second-order valence-corrected chi connectivity index (χ2v) is 13.6. The molecule has 3 N–H and O–H groups in total. The van der Waals surface area contributed by atoms with Crippen LogP contribution in [-0.2, 0) is 40.4 Å². The predicted molar refractivity (Wildman–Crippen MR) is 166 cm³/mol. The zero-order valence-electron chi connectivity index (χ0n) is 26.2. The van der Waals surface area contributed by atoms with Crippen LogP contribution in [0.4, 0.5) is 5.69 Å². The van der Waals surface area contributed by atoms with Crippen LogP contribution in [0.5, 0.6) is 5.75 Å². The van der Waals surface area contributed by atoms with Crippen molar-refractivity contribution in [3.05, 3.63) is 80.6 Å². The van der Waals surface area contributed by atoms with Gasteiger partial charge in [-0.25, -0.2) is 0 Å². The van der Waals surface area contributed by atoms with Crippen LogP contribution in [0, 0.1) is 23.2 Å². The van der Waals surface area contributed by atoms with E-state index >= 15 is 0 Å². The Kier molecular flexibility index (Phi) is 6.40. The van der Waals surface area contributed by atoms with E-state index in [4.69, 9.17) is 10.5 Å². The van der Waals surface area contributed by atoms with Crippen LogP contribution in [-0.4, -0.2) is 73.7 Å². The molecule has 9 nitrogen and oxygen atoms in total. The van der Waals surface area contributed by atoms with Crippen molar-refractivity contribution in [3.8, 4) is 5.75 Å². The zero-order valence-corrected chi connectivity index (χ0v) is 26.2. The fourth-order valence-corrected chi connectivity index (χ4v) is 9.39. The van der Waals surface area contributed by atoms with Gasteiger partial charge >= 0.3 is 0 Å². The Hall–Kier alpha value is -3.95. The van der Waals surface area contributed by atoms with Crippen LogP contribution >= 0.6 is 0 Å². The van der Waals surface area contributed by atoms with Crippen LogP contribution < -0.4 is 10.6 Å². The molecular weight excluding hydrogens is 556 g/mol. The van der Waals surface area contributed by atoms with E-state index in [1.54, 1.807) is 13.2 Å². The summed E-state index contributed by atoms with van der Waals surface area (Å²) in [4.78, 5) is 47.3. The van der Waals surface area contributed by atoms with E-state index in [0.29, 0.717) is 41.9 Å². The topological polar surface area (TPSA) is 116 Å². The Bertz CT molecular complexity index is 1700. The Morgan fingerprint density at radius 2 is 1.80 bits per heavy atom. The number of anilines is 1. The van der Waals surface area contributed by atoms with Crippen LogP contribution in [0.2, 0.25) is 0 Å². The van der Waals surface area contributed by atoms with Crippen molar-refractivity contribution in [1.82, 2.24) is 9.80 Å². The lowest BCUT2D eigenvalue weighted by molar-refractivity contribution is -0.138. The number of likely N-dealkylation sites (N-methyl/N-ethyl adjacent to an activating group) is 1. The smallest absolute Gasteiger partial charge is 0.232 e. The number of ether oxygens (including phenoxy) is 1. The molecule has 230 valence electrons. The third-order valence-corrected chi connectivity index (χ3v) is 10.9. The summed E-state index contributed by atoms with van der Waals surface area (Å²) < 4.78 is 6.12. The van der Waals surface area contributed by atoms with Crippen molar-refractivity contribution in [2.75, 3.05) is 40.2 Å². The maximum Gasteiger partial charge on any atom is 0.232 e. The molecule has 2 aromatic rings. The Morgan fingerprint density at radius 1 is 1.14 bits per heavy atom. The van der Waals surface area contributed by atoms with Gasteiger partial charge in [-0.15, -0.1) is 0 Å². The maximum absolute atomic E-state index is 14.5. The number of methoxy groups -OCH3 is 1. The molecule has 1 aliphatic heterocycles. The van der Waals surface area contributed by atoms with Gasteiger partial charge in [0.2, 0.25) is 5.91 Å². The number of nitrogens with two attached hydrogens (primary N) is 1. The van der Waals surface area contributed by atoms with Gasteiger partial charge in [0.15, 0.2) is 11.6 Å². The van der Waals surface area contributed by atoms with E-state index in [-0.39, 0.29) is 29.2 Å². The summed E-state index contributed by atoms with van der Waals surface area (Å²) in [5, 5.41) is 11.5. The number of carbonyl (C=O) groups is 3. The van der Waals surface area contributed by atoms with Crippen molar-refractivity contribution in [1.29, 1.82) is 0 Å². The van der Waals surface area contributed by atoms with Gasteiger partial charge in [0, 0.05) is 50.9 Å². The number of aromatic hydroxyl groups is 1. The highest BCUT2D eigenvalue weighted by Crippen LogP contribution is 2.73. The number of hydrogen-bond acceptors (Lipinski definition) is 8. The summed E-state index contributed by atoms with van der Waals surface area (Å²) >= 11 is 0. The van der Waals surface area contributed by atoms with Gasteiger partial charge in [-0.3, -0.25) is 24.2 Å². The molecule has 1 saturated carbocycles. The van der Waals surface area contributed by atoms with Gasteiger partial charge in [0.05, 0.1) is 24.1 Å². The van der Waals surface area contributed by atoms with Crippen LogP contribution in [0.25, 0.3) is 0 Å². The molecule has 0 aromatic heterocycles. The number of ketones is 2. The molecule has 1 amide bonds. The maximum atomic E-state index is 14.5. The standard InChI is InChI=1S/C35H40N4O5/c1-17-28-27(34(36)43)32(42)30(38(4)5)23-12-20-11-22-26(31(41)25(20)33(44-6)35(17,23)28)24(40)13-21(29(22)37(2)3)16-39-14-18-9-7-8-10-19(18)15-39/h7-10,13,20,23,27,30,40H,11-12,14-16H2,1-6H3,(H2,36,43). The highest BCUT2D eigenvalue weighted by Gasteiger charge is 2.72. The summed E-state index contributed by atoms with van der Waals surface area (Å²) in [5.41, 5.74) is 12.9. The number of benzene rings is 2. The van der Waals surface area contributed by atoms with Crippen molar-refractivity contribution in [2.24, 2.45) is 28.9 Å². The molecule has 1 fully saturated rings. The Balaban J connectivity index is 1.34. The van der Waals surface area contributed by atoms with E-state index < -0.39 is 23.3 Å². The van der Waals surface area contributed by atoms with Crippen LogP contribution in [0.1, 0.15) is 46.0 Å². The summed E-state index contributed by atoms with van der Waals surface area (Å²) in [7, 11) is 9.24. The molecule has 0 saturated heterocycles. The third kappa shape index (κ3) is 3.69. The summed E-state index contributed by atoms with van der Waals surface area (Å²) in [5.74, 6) is -2.06. The highest BCUT2D eigenvalue weighted by molar-refractivity contribution is 6.16. The third-order valence-electron chi connectivity index (χ3n) is 10.9. The van der Waals surface area contributed by atoms with Gasteiger partial charge in [0.25, 0.3) is 0 Å². The van der Waals surface area contributed by atoms with Gasteiger partial charge in [0.1, 0.15) is 17.4 Å². The molecule has 2 aromatic carbocycles. The average Bonchev–Trinajstić information content (AvgIpc) is 3.32. The Morgan fingerprint density at radius 3 is 2.36 bits per heavy atom. The van der Waals surface area contributed by atoms with E-state index in [2.05, 4.69) is 34.1 Å². The fraction of sp³-hybridized carbons (Fsp3) is 0.457. The molecule has 5 aliphatic rings. The van der Waals surface area contributed by atoms with E-state index in [1.165, 1.54) is 11.1 Å². The van der Waals surface area contributed by atoms with E-state index in [1.807, 2.05) is 40.0 Å². The number of rotatable bonds is 6. The van der Waals surface area contributed by atoms with Crippen LogP contribution in [0.15, 0.2) is 52.8 Å². The minimum Gasteiger partial charge on any atom is -0.507 e. The highest BCUT2D eigenvalue weighted by atomic mass is 16.5. The molecule has 5 unspecified atom stereocenters. The molecule has 4 aliphatic carbocycles. The van der Waals surface area contributed by atoms with Crippen molar-refractivity contribution in [2.45, 2.75) is 45.4 Å². The van der Waals surface area contributed by atoms with Crippen LogP contribution in [0.3, 0.4) is 0 Å². The number of amides is 1. The van der Waals surface area contributed by atoms with E-state index in [9.17, 15) is 19.5 Å². The number of carbonyl (C=O) groups excluding carboxylic acids is 3. The number of Topliss-reactive ketones (excluding diaryl/α,β-unsaturated/α-hetero) is 2. The second kappa shape index (κ2) is 9.78. The lowest BCUT2D eigenvalue weighted by atomic mass is 9.56. The minimum absolute atomic E-state index is 0.0240. The van der Waals surface area contributed by atoms with Gasteiger partial charge in [-0.1, -0.05) is 29.8 Å². The summed E-state index contributed by atoms with van der Waals surface area (Å²) in [6.07, 6.45) is 1.11. The number of phenols is 1. The molecule has 0 bridgehead atoms. The monoisotopic (exact) mass is 596 g/mol. The number of nitrogens with zero attached hydrogens (tertiary/aromatic N) is 3. The first kappa shape index (κ1) is 28.8. The predicted octanol–water partition coefficient (Wildman–Crippen LogP) is 3.18. The van der Waals surface area contributed by atoms with Gasteiger partial charge in [-0.05, 0) is 73.7 Å². The molecule has 1 heterocycles. The zero-order chi connectivity index (χ0) is 31.4. The quantitative estimate of drug-likeness (QED) is 0.386. The SMILES string of the molecule is COC1=C2C(=O)c3c(O)cc(CN4Cc5ccccc5C4)c(N(C)C)c3CC2CC2C(N(C)C)C(=O)C(C(N)=O)C3=C(C)C132. The number of allylic oxidation sites excluding steroid dienone is 2. The largest absolute Gasteiger partial charge is 0.507 e. The second-order valence-electron chi connectivity index (χ2n) is 13.6. The summed E-state index contributed by atoms with van der Waals surface area (Å²) in [6.45, 7) is 4.22. The fourth-order valence-electron chi connectivity index (χ4n) is 9.39. The van der Waals surface area contributed by atoms with Gasteiger partial charge in [-0.2, -0.15) is 0 Å².